The Hall–Kier alpha value is -2.18. The van der Waals surface area contributed by atoms with Crippen LogP contribution in [0.25, 0.3) is 0 Å². The first kappa shape index (κ1) is 20.6. The molecule has 6 heteroatoms. The van der Waals surface area contributed by atoms with Crippen molar-refractivity contribution in [2.24, 2.45) is 4.99 Å². The molecule has 0 radical (unpaired) electrons. The van der Waals surface area contributed by atoms with Crippen LogP contribution in [0.4, 0.5) is 10.1 Å². The Morgan fingerprint density at radius 2 is 1.75 bits per heavy atom. The summed E-state index contributed by atoms with van der Waals surface area (Å²) in [5.74, 6) is 1.11. The maximum absolute atomic E-state index is 13.9. The van der Waals surface area contributed by atoms with Gasteiger partial charge < -0.3 is 9.47 Å². The lowest BCUT2D eigenvalue weighted by atomic mass is 10.2. The van der Waals surface area contributed by atoms with Crippen LogP contribution in [0.2, 0.25) is 0 Å². The molecule has 0 aliphatic carbocycles. The van der Waals surface area contributed by atoms with Gasteiger partial charge in [-0.05, 0) is 65.3 Å². The molecule has 144 valence electrons. The van der Waals surface area contributed by atoms with Gasteiger partial charge >= 0.3 is 0 Å². The second-order valence-electron chi connectivity index (χ2n) is 5.87. The van der Waals surface area contributed by atoms with Crippen molar-refractivity contribution in [2.45, 2.75) is 13.5 Å². The smallest absolute Gasteiger partial charge is 0.142 e. The van der Waals surface area contributed by atoms with Gasteiger partial charge in [0.2, 0.25) is 0 Å². The van der Waals surface area contributed by atoms with E-state index in [-0.39, 0.29) is 12.4 Å². The highest BCUT2D eigenvalue weighted by Crippen LogP contribution is 2.33. The van der Waals surface area contributed by atoms with Crippen molar-refractivity contribution in [3.8, 4) is 11.5 Å². The summed E-state index contributed by atoms with van der Waals surface area (Å²) >= 11 is 7.00. The molecule has 0 amide bonds. The van der Waals surface area contributed by atoms with Gasteiger partial charge in [-0.3, -0.25) is 4.99 Å². The van der Waals surface area contributed by atoms with Crippen molar-refractivity contribution in [1.82, 2.24) is 0 Å². The van der Waals surface area contributed by atoms with E-state index in [0.717, 1.165) is 25.9 Å². The lowest BCUT2D eigenvalue weighted by Gasteiger charge is -2.12. The summed E-state index contributed by atoms with van der Waals surface area (Å²) in [6.07, 6.45) is 1.72. The Morgan fingerprint density at radius 3 is 2.46 bits per heavy atom. The maximum atomic E-state index is 13.9. The number of ether oxygens (including phenoxy) is 2. The van der Waals surface area contributed by atoms with E-state index in [9.17, 15) is 4.39 Å². The van der Waals surface area contributed by atoms with Gasteiger partial charge in [0.15, 0.2) is 0 Å². The summed E-state index contributed by atoms with van der Waals surface area (Å²) in [4.78, 5) is 4.52. The first-order valence-corrected chi connectivity index (χ1v) is 10.3. The average Bonchev–Trinajstić information content (AvgIpc) is 2.68. The van der Waals surface area contributed by atoms with Crippen LogP contribution in [-0.4, -0.2) is 12.8 Å². The highest BCUT2D eigenvalue weighted by Gasteiger charge is 2.11. The molecule has 0 bridgehead atoms. The minimum atomic E-state index is -0.291. The van der Waals surface area contributed by atoms with Crippen molar-refractivity contribution in [1.29, 1.82) is 0 Å². The number of benzene rings is 3. The van der Waals surface area contributed by atoms with Crippen molar-refractivity contribution < 1.29 is 13.9 Å². The summed E-state index contributed by atoms with van der Waals surface area (Å²) in [5, 5.41) is 0. The Morgan fingerprint density at radius 1 is 1.00 bits per heavy atom. The highest BCUT2D eigenvalue weighted by atomic mass is 79.9. The predicted molar refractivity (Wildman–Crippen MR) is 117 cm³/mol. The predicted octanol–water partition coefficient (Wildman–Crippen LogP) is 7.08. The van der Waals surface area contributed by atoms with Crippen LogP contribution >= 0.6 is 31.9 Å². The van der Waals surface area contributed by atoms with E-state index in [0.29, 0.717) is 17.9 Å². The zero-order valence-corrected chi connectivity index (χ0v) is 18.3. The molecule has 0 unspecified atom stereocenters. The fourth-order valence-corrected chi connectivity index (χ4v) is 3.91. The summed E-state index contributed by atoms with van der Waals surface area (Å²) < 4.78 is 26.9. The molecule has 3 nitrogen and oxygen atoms in total. The molecule has 0 N–H and O–H groups in total. The van der Waals surface area contributed by atoms with Gasteiger partial charge in [-0.15, -0.1) is 0 Å². The van der Waals surface area contributed by atoms with E-state index in [1.54, 1.807) is 24.4 Å². The second-order valence-corrected chi connectivity index (χ2v) is 7.64. The molecule has 0 aliphatic heterocycles. The number of nitrogens with zero attached hydrogens (tertiary/aromatic N) is 1. The molecule has 0 aromatic heterocycles. The van der Waals surface area contributed by atoms with E-state index >= 15 is 0 Å². The van der Waals surface area contributed by atoms with Gasteiger partial charge in [-0.1, -0.05) is 34.1 Å². The Bertz CT molecular complexity index is 975. The van der Waals surface area contributed by atoms with Crippen LogP contribution in [0.5, 0.6) is 11.5 Å². The fraction of sp³-hybridized carbons (Fsp3) is 0.136. The summed E-state index contributed by atoms with van der Waals surface area (Å²) in [6.45, 7) is 2.69. The molecule has 0 aliphatic rings. The van der Waals surface area contributed by atoms with E-state index in [1.165, 1.54) is 6.07 Å². The van der Waals surface area contributed by atoms with Crippen LogP contribution < -0.4 is 9.47 Å². The van der Waals surface area contributed by atoms with E-state index in [2.05, 4.69) is 36.9 Å². The number of aliphatic imine (C=N–C) groups is 1. The molecular weight excluding hydrogens is 489 g/mol. The van der Waals surface area contributed by atoms with Crippen molar-refractivity contribution in [3.63, 3.8) is 0 Å². The first-order chi connectivity index (χ1) is 13.6. The quantitative estimate of drug-likeness (QED) is 0.320. The molecule has 0 spiro atoms. The molecule has 0 fully saturated rings. The van der Waals surface area contributed by atoms with E-state index in [1.807, 2.05) is 43.3 Å². The largest absolute Gasteiger partial charge is 0.494 e. The van der Waals surface area contributed by atoms with Crippen LogP contribution in [0.1, 0.15) is 18.1 Å². The summed E-state index contributed by atoms with van der Waals surface area (Å²) in [7, 11) is 0. The normalized spacial score (nSPS) is 11.0. The standard InChI is InChI=1S/C22H18Br2FNO2/c1-2-27-19-9-7-18(8-10-19)26-13-16-11-17(23)12-20(24)22(16)28-14-15-5-3-4-6-21(15)25/h3-13H,2,14H2,1H3. The fourth-order valence-electron chi connectivity index (χ4n) is 2.53. The molecular formula is C22H18Br2FNO2. The third-order valence-corrected chi connectivity index (χ3v) is 4.91. The minimum absolute atomic E-state index is 0.122. The van der Waals surface area contributed by atoms with Crippen LogP contribution in [-0.2, 0) is 6.61 Å². The third kappa shape index (κ3) is 5.42. The van der Waals surface area contributed by atoms with Gasteiger partial charge in [0.25, 0.3) is 0 Å². The Balaban J connectivity index is 1.82. The van der Waals surface area contributed by atoms with Gasteiger partial charge in [0.05, 0.1) is 16.8 Å². The van der Waals surface area contributed by atoms with Gasteiger partial charge in [-0.25, -0.2) is 4.39 Å². The SMILES string of the molecule is CCOc1ccc(N=Cc2cc(Br)cc(Br)c2OCc2ccccc2F)cc1. The maximum Gasteiger partial charge on any atom is 0.142 e. The average molecular weight is 507 g/mol. The summed E-state index contributed by atoms with van der Waals surface area (Å²) in [6, 6.07) is 17.9. The molecule has 0 heterocycles. The number of halogens is 3. The number of hydrogen-bond donors (Lipinski definition) is 0. The molecule has 0 saturated carbocycles. The van der Waals surface area contributed by atoms with Gasteiger partial charge in [-0.2, -0.15) is 0 Å². The van der Waals surface area contributed by atoms with Crippen molar-refractivity contribution >= 4 is 43.8 Å². The lowest BCUT2D eigenvalue weighted by Crippen LogP contribution is -2.01. The minimum Gasteiger partial charge on any atom is -0.494 e. The van der Waals surface area contributed by atoms with Crippen LogP contribution in [0, 0.1) is 5.82 Å². The zero-order chi connectivity index (χ0) is 19.9. The van der Waals surface area contributed by atoms with Crippen LogP contribution in [0.3, 0.4) is 0 Å². The number of hydrogen-bond acceptors (Lipinski definition) is 3. The third-order valence-electron chi connectivity index (χ3n) is 3.87. The van der Waals surface area contributed by atoms with Crippen LogP contribution in [0.15, 0.2) is 74.6 Å². The molecule has 0 atom stereocenters. The zero-order valence-electron chi connectivity index (χ0n) is 15.2. The highest BCUT2D eigenvalue weighted by molar-refractivity contribution is 9.11. The molecule has 0 saturated heterocycles. The Kier molecular flexibility index (Phi) is 7.23. The van der Waals surface area contributed by atoms with Gasteiger partial charge in [0.1, 0.15) is 23.9 Å². The molecule has 28 heavy (non-hydrogen) atoms. The molecule has 3 aromatic rings. The van der Waals surface area contributed by atoms with Gasteiger partial charge in [0, 0.05) is 21.8 Å². The summed E-state index contributed by atoms with van der Waals surface area (Å²) in [5.41, 5.74) is 2.05. The van der Waals surface area contributed by atoms with E-state index in [4.69, 9.17) is 9.47 Å². The number of rotatable bonds is 7. The molecule has 3 aromatic carbocycles. The van der Waals surface area contributed by atoms with E-state index < -0.39 is 0 Å². The monoisotopic (exact) mass is 505 g/mol. The molecule has 3 rings (SSSR count). The first-order valence-electron chi connectivity index (χ1n) is 8.69. The second kappa shape index (κ2) is 9.85. The van der Waals surface area contributed by atoms with Crippen molar-refractivity contribution in [2.75, 3.05) is 6.61 Å². The Labute approximate surface area is 180 Å². The lowest BCUT2D eigenvalue weighted by molar-refractivity contribution is 0.297. The van der Waals surface area contributed by atoms with Crippen molar-refractivity contribution in [3.05, 3.63) is 86.6 Å². The topological polar surface area (TPSA) is 30.8 Å².